The van der Waals surface area contributed by atoms with E-state index in [1.807, 2.05) is 0 Å². The minimum absolute atomic E-state index is 0.0345. The molecular formula is C16H14F6N4O2. The zero-order chi connectivity index (χ0) is 20.6. The third-order valence-electron chi connectivity index (χ3n) is 4.46. The quantitative estimate of drug-likeness (QED) is 0.624. The number of rotatable bonds is 4. The molecular weight excluding hydrogens is 394 g/mol. The molecule has 1 amide bonds. The molecule has 1 aliphatic heterocycles. The molecule has 1 aromatic carbocycles. The van der Waals surface area contributed by atoms with Crippen molar-refractivity contribution in [2.24, 2.45) is 5.92 Å². The van der Waals surface area contributed by atoms with Gasteiger partial charge in [-0.05, 0) is 12.5 Å². The van der Waals surface area contributed by atoms with Crippen LogP contribution in [0, 0.1) is 23.4 Å². The molecule has 152 valence electrons. The predicted molar refractivity (Wildman–Crippen MR) is 81.9 cm³/mol. The molecule has 0 spiro atoms. The van der Waals surface area contributed by atoms with Crippen molar-refractivity contribution < 1.29 is 35.9 Å². The second-order valence-electron chi connectivity index (χ2n) is 6.17. The summed E-state index contributed by atoms with van der Waals surface area (Å²) >= 11 is 0. The Labute approximate surface area is 154 Å². The van der Waals surface area contributed by atoms with E-state index in [-0.39, 0.29) is 25.2 Å². The molecule has 0 radical (unpaired) electrons. The van der Waals surface area contributed by atoms with Gasteiger partial charge in [0.15, 0.2) is 23.2 Å². The van der Waals surface area contributed by atoms with Gasteiger partial charge in [-0.25, -0.2) is 8.78 Å². The smallest absolute Gasteiger partial charge is 0.393 e. The second-order valence-corrected chi connectivity index (χ2v) is 6.17. The van der Waals surface area contributed by atoms with Crippen LogP contribution in [0.4, 0.5) is 26.3 Å². The Bertz CT molecular complexity index is 912. The lowest BCUT2D eigenvalue weighted by Gasteiger charge is -2.26. The number of aromatic nitrogens is 3. The van der Waals surface area contributed by atoms with Crippen molar-refractivity contribution in [3.8, 4) is 5.75 Å². The van der Waals surface area contributed by atoms with Crippen molar-refractivity contribution in [2.45, 2.75) is 32.1 Å². The van der Waals surface area contributed by atoms with Crippen molar-refractivity contribution >= 4 is 5.91 Å². The molecule has 1 atom stereocenters. The van der Waals surface area contributed by atoms with E-state index in [2.05, 4.69) is 20.3 Å². The molecule has 12 heteroatoms. The monoisotopic (exact) mass is 408 g/mol. The number of nitrogens with zero attached hydrogens (tertiary/aromatic N) is 3. The van der Waals surface area contributed by atoms with Gasteiger partial charge in [-0.15, -0.1) is 10.2 Å². The maximum atomic E-state index is 14.1. The summed E-state index contributed by atoms with van der Waals surface area (Å²) in [5.74, 6) is -7.85. The van der Waals surface area contributed by atoms with Gasteiger partial charge < -0.3 is 14.6 Å². The number of carbonyl (C=O) groups is 1. The van der Waals surface area contributed by atoms with Crippen LogP contribution in [0.15, 0.2) is 6.07 Å². The number of hydrogen-bond donors (Lipinski definition) is 1. The molecule has 1 N–H and O–H groups in total. The number of alkyl halides is 3. The molecule has 0 saturated heterocycles. The average molecular weight is 408 g/mol. The number of aryl methyl sites for hydroxylation is 1. The lowest BCUT2D eigenvalue weighted by molar-refractivity contribution is -0.182. The Morgan fingerprint density at radius 3 is 2.64 bits per heavy atom. The van der Waals surface area contributed by atoms with E-state index < -0.39 is 53.3 Å². The van der Waals surface area contributed by atoms with Crippen LogP contribution in [0.3, 0.4) is 0 Å². The number of methoxy groups -OCH3 is 1. The Morgan fingerprint density at radius 1 is 1.29 bits per heavy atom. The average Bonchev–Trinajstić information content (AvgIpc) is 3.05. The normalized spacial score (nSPS) is 16.6. The Hall–Kier alpha value is -2.79. The maximum absolute atomic E-state index is 14.1. The first-order valence-corrected chi connectivity index (χ1v) is 8.10. The number of ether oxygens (including phenoxy) is 1. The van der Waals surface area contributed by atoms with Gasteiger partial charge >= 0.3 is 6.18 Å². The fourth-order valence-electron chi connectivity index (χ4n) is 2.96. The molecule has 0 saturated carbocycles. The van der Waals surface area contributed by atoms with Gasteiger partial charge in [-0.2, -0.15) is 17.6 Å². The van der Waals surface area contributed by atoms with Gasteiger partial charge in [0.2, 0.25) is 5.82 Å². The van der Waals surface area contributed by atoms with E-state index in [1.54, 1.807) is 0 Å². The Kier molecular flexibility index (Phi) is 5.22. The van der Waals surface area contributed by atoms with Crippen LogP contribution in [0.1, 0.15) is 28.4 Å². The van der Waals surface area contributed by atoms with E-state index in [1.165, 1.54) is 4.57 Å². The van der Waals surface area contributed by atoms with Crippen LogP contribution < -0.4 is 10.1 Å². The van der Waals surface area contributed by atoms with Crippen LogP contribution in [-0.4, -0.2) is 34.0 Å². The molecule has 0 bridgehead atoms. The van der Waals surface area contributed by atoms with Crippen LogP contribution in [0.5, 0.6) is 5.75 Å². The predicted octanol–water partition coefficient (Wildman–Crippen LogP) is 2.76. The number of fused-ring (bicyclic) bond motifs is 1. The highest BCUT2D eigenvalue weighted by atomic mass is 19.4. The third-order valence-corrected chi connectivity index (χ3v) is 4.46. The number of amides is 1. The van der Waals surface area contributed by atoms with Crippen molar-refractivity contribution in [1.29, 1.82) is 0 Å². The van der Waals surface area contributed by atoms with Gasteiger partial charge in [0.1, 0.15) is 5.82 Å². The number of benzene rings is 1. The van der Waals surface area contributed by atoms with Crippen LogP contribution in [0.2, 0.25) is 0 Å². The molecule has 2 heterocycles. The van der Waals surface area contributed by atoms with E-state index in [4.69, 9.17) is 0 Å². The van der Waals surface area contributed by atoms with Crippen molar-refractivity contribution in [2.75, 3.05) is 7.11 Å². The third kappa shape index (κ3) is 3.62. The zero-order valence-corrected chi connectivity index (χ0v) is 14.4. The van der Waals surface area contributed by atoms with Gasteiger partial charge in [-0.1, -0.05) is 0 Å². The Balaban J connectivity index is 1.77. The zero-order valence-electron chi connectivity index (χ0n) is 14.4. The summed E-state index contributed by atoms with van der Waals surface area (Å²) in [6.07, 6.45) is -4.43. The molecule has 0 unspecified atom stereocenters. The number of halogens is 6. The highest BCUT2D eigenvalue weighted by Crippen LogP contribution is 2.34. The molecule has 3 rings (SSSR count). The SMILES string of the molecule is COc1c(F)c(F)cc(C(=O)NCc2nnc3n2C[C@@H](C(F)(F)F)CC3)c1F. The molecule has 0 aliphatic carbocycles. The molecule has 0 fully saturated rings. The summed E-state index contributed by atoms with van der Waals surface area (Å²) < 4.78 is 85.6. The molecule has 1 aromatic heterocycles. The molecule has 28 heavy (non-hydrogen) atoms. The standard InChI is InChI=1S/C16H14F6N4O2/c1-28-14-12(18)8(4-9(17)13(14)19)15(27)23-5-11-25-24-10-3-2-7(6-26(10)11)16(20,21)22/h4,7H,2-3,5-6H2,1H3,(H,23,27)/t7-/m0/s1. The summed E-state index contributed by atoms with van der Waals surface area (Å²) in [4.78, 5) is 12.2. The van der Waals surface area contributed by atoms with Gasteiger partial charge in [-0.3, -0.25) is 4.79 Å². The molecule has 1 aliphatic rings. The van der Waals surface area contributed by atoms with Gasteiger partial charge in [0.25, 0.3) is 5.91 Å². The summed E-state index contributed by atoms with van der Waals surface area (Å²) in [6.45, 7) is -0.776. The first-order valence-electron chi connectivity index (χ1n) is 8.10. The number of carbonyl (C=O) groups excluding carboxylic acids is 1. The van der Waals surface area contributed by atoms with E-state index in [0.717, 1.165) is 7.11 Å². The second kappa shape index (κ2) is 7.32. The highest BCUT2D eigenvalue weighted by molar-refractivity contribution is 5.94. The minimum Gasteiger partial charge on any atom is -0.491 e. The van der Waals surface area contributed by atoms with Crippen LogP contribution in [-0.2, 0) is 19.5 Å². The van der Waals surface area contributed by atoms with Crippen molar-refractivity contribution in [3.05, 3.63) is 40.7 Å². The number of hydrogen-bond acceptors (Lipinski definition) is 4. The van der Waals surface area contributed by atoms with E-state index >= 15 is 0 Å². The fraction of sp³-hybridized carbons (Fsp3) is 0.438. The fourth-order valence-corrected chi connectivity index (χ4v) is 2.96. The lowest BCUT2D eigenvalue weighted by Crippen LogP contribution is -2.34. The topological polar surface area (TPSA) is 69.0 Å². The molecule has 6 nitrogen and oxygen atoms in total. The van der Waals surface area contributed by atoms with E-state index in [9.17, 15) is 31.1 Å². The Morgan fingerprint density at radius 2 is 2.00 bits per heavy atom. The van der Waals surface area contributed by atoms with Gasteiger partial charge in [0, 0.05) is 13.0 Å². The highest BCUT2D eigenvalue weighted by Gasteiger charge is 2.42. The van der Waals surface area contributed by atoms with Crippen molar-refractivity contribution in [3.63, 3.8) is 0 Å². The largest absolute Gasteiger partial charge is 0.491 e. The number of nitrogens with one attached hydrogen (secondary N) is 1. The summed E-state index contributed by atoms with van der Waals surface area (Å²) in [5.41, 5.74) is -0.817. The van der Waals surface area contributed by atoms with Crippen LogP contribution >= 0.6 is 0 Å². The van der Waals surface area contributed by atoms with E-state index in [0.29, 0.717) is 11.9 Å². The molecule has 2 aromatic rings. The summed E-state index contributed by atoms with van der Waals surface area (Å²) in [6, 6.07) is 0.363. The van der Waals surface area contributed by atoms with Gasteiger partial charge in [0.05, 0.1) is 25.1 Å². The van der Waals surface area contributed by atoms with Crippen LogP contribution in [0.25, 0.3) is 0 Å². The maximum Gasteiger partial charge on any atom is 0.393 e. The van der Waals surface area contributed by atoms with Crippen molar-refractivity contribution in [1.82, 2.24) is 20.1 Å². The summed E-state index contributed by atoms with van der Waals surface area (Å²) in [7, 11) is 0.905. The lowest BCUT2D eigenvalue weighted by atomic mass is 9.99. The summed E-state index contributed by atoms with van der Waals surface area (Å²) in [5, 5.41) is 9.75. The first kappa shape index (κ1) is 20.0. The minimum atomic E-state index is -4.38. The first-order chi connectivity index (χ1) is 13.1.